The second kappa shape index (κ2) is 10.1. The van der Waals surface area contributed by atoms with Crippen LogP contribution in [-0.4, -0.2) is 32.3 Å². The summed E-state index contributed by atoms with van der Waals surface area (Å²) in [6.45, 7) is 2.78. The Hall–Kier alpha value is -3.02. The fourth-order valence-corrected chi connectivity index (χ4v) is 2.28. The Morgan fingerprint density at radius 2 is 1.85 bits per heavy atom. The molecular formula is C20H23NO5. The standard InChI is InChI=1S/C20H23NO5/c1-15-12-18(9-8-17(15)13-19(22)24-2)25-11-10-21-20(23)26-14-16-6-4-3-5-7-16/h3-9,12H,10-11,13-14H2,1-2H3,(H,21,23). The van der Waals surface area contributed by atoms with E-state index in [2.05, 4.69) is 10.1 Å². The third kappa shape index (κ3) is 6.47. The molecule has 0 saturated heterocycles. The van der Waals surface area contributed by atoms with E-state index < -0.39 is 6.09 Å². The highest BCUT2D eigenvalue weighted by Gasteiger charge is 2.07. The number of amides is 1. The molecule has 0 aliphatic carbocycles. The topological polar surface area (TPSA) is 73.9 Å². The molecule has 2 aromatic rings. The van der Waals surface area contributed by atoms with Gasteiger partial charge in [0.25, 0.3) is 0 Å². The molecule has 1 N–H and O–H groups in total. The average molecular weight is 357 g/mol. The fraction of sp³-hybridized carbons (Fsp3) is 0.300. The van der Waals surface area contributed by atoms with Crippen LogP contribution in [0.4, 0.5) is 4.79 Å². The normalized spacial score (nSPS) is 10.1. The lowest BCUT2D eigenvalue weighted by atomic mass is 10.1. The molecule has 0 fully saturated rings. The van der Waals surface area contributed by atoms with Crippen LogP contribution in [0.3, 0.4) is 0 Å². The lowest BCUT2D eigenvalue weighted by Crippen LogP contribution is -2.28. The Morgan fingerprint density at radius 1 is 1.08 bits per heavy atom. The predicted molar refractivity (Wildman–Crippen MR) is 97.0 cm³/mol. The molecule has 2 aromatic carbocycles. The minimum atomic E-state index is -0.484. The summed E-state index contributed by atoms with van der Waals surface area (Å²) in [6.07, 6.45) is -0.251. The summed E-state index contributed by atoms with van der Waals surface area (Å²) in [5.74, 6) is 0.399. The van der Waals surface area contributed by atoms with Crippen molar-refractivity contribution in [3.63, 3.8) is 0 Å². The zero-order chi connectivity index (χ0) is 18.8. The summed E-state index contributed by atoms with van der Waals surface area (Å²) >= 11 is 0. The number of nitrogens with one attached hydrogen (secondary N) is 1. The number of hydrogen-bond acceptors (Lipinski definition) is 5. The SMILES string of the molecule is COC(=O)Cc1ccc(OCCNC(=O)OCc2ccccc2)cc1C. The van der Waals surface area contributed by atoms with Gasteiger partial charge in [0.15, 0.2) is 0 Å². The van der Waals surface area contributed by atoms with Crippen molar-refractivity contribution < 1.29 is 23.8 Å². The van der Waals surface area contributed by atoms with Crippen LogP contribution in [0.1, 0.15) is 16.7 Å². The first-order valence-corrected chi connectivity index (χ1v) is 8.32. The van der Waals surface area contributed by atoms with Crippen molar-refractivity contribution >= 4 is 12.1 Å². The van der Waals surface area contributed by atoms with Gasteiger partial charge in [-0.3, -0.25) is 4.79 Å². The number of alkyl carbamates (subject to hydrolysis) is 1. The molecule has 0 aromatic heterocycles. The largest absolute Gasteiger partial charge is 0.492 e. The molecule has 6 heteroatoms. The Bertz CT molecular complexity index is 730. The summed E-state index contributed by atoms with van der Waals surface area (Å²) in [7, 11) is 1.37. The van der Waals surface area contributed by atoms with Gasteiger partial charge in [0.2, 0.25) is 0 Å². The van der Waals surface area contributed by atoms with Crippen molar-refractivity contribution in [3.8, 4) is 5.75 Å². The summed E-state index contributed by atoms with van der Waals surface area (Å²) in [5.41, 5.74) is 2.77. The molecule has 26 heavy (non-hydrogen) atoms. The molecule has 2 rings (SSSR count). The first-order chi connectivity index (χ1) is 12.6. The number of hydrogen-bond donors (Lipinski definition) is 1. The molecule has 0 spiro atoms. The summed E-state index contributed by atoms with van der Waals surface area (Å²) in [4.78, 5) is 23.0. The van der Waals surface area contributed by atoms with Gasteiger partial charge >= 0.3 is 12.1 Å². The van der Waals surface area contributed by atoms with Crippen LogP contribution in [0.15, 0.2) is 48.5 Å². The van der Waals surface area contributed by atoms with Crippen molar-refractivity contribution in [1.82, 2.24) is 5.32 Å². The van der Waals surface area contributed by atoms with Crippen LogP contribution in [-0.2, 0) is 27.3 Å². The minimum Gasteiger partial charge on any atom is -0.492 e. The van der Waals surface area contributed by atoms with E-state index in [0.29, 0.717) is 18.9 Å². The quantitative estimate of drug-likeness (QED) is 0.581. The van der Waals surface area contributed by atoms with Crippen molar-refractivity contribution in [2.75, 3.05) is 20.3 Å². The third-order valence-corrected chi connectivity index (χ3v) is 3.73. The molecule has 0 aliphatic heterocycles. The van der Waals surface area contributed by atoms with Crippen LogP contribution < -0.4 is 10.1 Å². The smallest absolute Gasteiger partial charge is 0.407 e. The van der Waals surface area contributed by atoms with Crippen LogP contribution in [0.25, 0.3) is 0 Å². The number of esters is 1. The second-order valence-corrected chi connectivity index (χ2v) is 5.68. The Morgan fingerprint density at radius 3 is 2.54 bits per heavy atom. The van der Waals surface area contributed by atoms with E-state index >= 15 is 0 Å². The molecule has 1 amide bonds. The molecule has 0 aliphatic rings. The van der Waals surface area contributed by atoms with E-state index in [4.69, 9.17) is 9.47 Å². The Balaban J connectivity index is 1.68. The highest BCUT2D eigenvalue weighted by Crippen LogP contribution is 2.18. The Kier molecular flexibility index (Phi) is 7.49. The molecule has 0 heterocycles. The van der Waals surface area contributed by atoms with E-state index in [9.17, 15) is 9.59 Å². The lowest BCUT2D eigenvalue weighted by molar-refractivity contribution is -0.139. The molecule has 0 saturated carbocycles. The second-order valence-electron chi connectivity index (χ2n) is 5.68. The summed E-state index contributed by atoms with van der Waals surface area (Å²) in [5, 5.41) is 2.64. The molecule has 0 radical (unpaired) electrons. The van der Waals surface area contributed by atoms with E-state index in [0.717, 1.165) is 16.7 Å². The first kappa shape index (κ1) is 19.3. The van der Waals surface area contributed by atoms with Crippen molar-refractivity contribution in [2.24, 2.45) is 0 Å². The number of benzene rings is 2. The number of carbonyl (C=O) groups is 2. The van der Waals surface area contributed by atoms with Gasteiger partial charge in [-0.2, -0.15) is 0 Å². The number of aryl methyl sites for hydroxylation is 1. The number of methoxy groups -OCH3 is 1. The van der Waals surface area contributed by atoms with Crippen molar-refractivity contribution in [2.45, 2.75) is 20.0 Å². The number of rotatable bonds is 8. The maximum atomic E-state index is 11.6. The third-order valence-electron chi connectivity index (χ3n) is 3.73. The van der Waals surface area contributed by atoms with Gasteiger partial charge in [0.1, 0.15) is 19.0 Å². The first-order valence-electron chi connectivity index (χ1n) is 8.32. The van der Waals surface area contributed by atoms with Crippen LogP contribution in [0.2, 0.25) is 0 Å². The van der Waals surface area contributed by atoms with E-state index in [-0.39, 0.29) is 19.0 Å². The molecular weight excluding hydrogens is 334 g/mol. The Labute approximate surface area is 153 Å². The number of carbonyl (C=O) groups excluding carboxylic acids is 2. The van der Waals surface area contributed by atoms with Gasteiger partial charge in [-0.05, 0) is 35.7 Å². The van der Waals surface area contributed by atoms with Gasteiger partial charge in [-0.25, -0.2) is 4.79 Å². The van der Waals surface area contributed by atoms with Crippen LogP contribution in [0.5, 0.6) is 5.75 Å². The molecule has 0 atom stereocenters. The van der Waals surface area contributed by atoms with E-state index in [1.165, 1.54) is 7.11 Å². The van der Waals surface area contributed by atoms with Gasteiger partial charge in [0.05, 0.1) is 20.1 Å². The van der Waals surface area contributed by atoms with Gasteiger partial charge in [0, 0.05) is 0 Å². The van der Waals surface area contributed by atoms with E-state index in [1.807, 2.05) is 49.4 Å². The highest BCUT2D eigenvalue weighted by molar-refractivity contribution is 5.73. The van der Waals surface area contributed by atoms with Crippen molar-refractivity contribution in [3.05, 3.63) is 65.2 Å². The summed E-state index contributed by atoms with van der Waals surface area (Å²) < 4.78 is 15.4. The van der Waals surface area contributed by atoms with Gasteiger partial charge in [-0.15, -0.1) is 0 Å². The van der Waals surface area contributed by atoms with Crippen molar-refractivity contribution in [1.29, 1.82) is 0 Å². The van der Waals surface area contributed by atoms with E-state index in [1.54, 1.807) is 6.07 Å². The van der Waals surface area contributed by atoms with Crippen LogP contribution >= 0.6 is 0 Å². The summed E-state index contributed by atoms with van der Waals surface area (Å²) in [6, 6.07) is 15.0. The zero-order valence-corrected chi connectivity index (χ0v) is 15.0. The predicted octanol–water partition coefficient (Wildman–Crippen LogP) is 3.02. The van der Waals surface area contributed by atoms with Crippen LogP contribution in [0, 0.1) is 6.92 Å². The maximum absolute atomic E-state index is 11.6. The molecule has 0 bridgehead atoms. The molecule has 6 nitrogen and oxygen atoms in total. The average Bonchev–Trinajstić information content (AvgIpc) is 2.66. The zero-order valence-electron chi connectivity index (χ0n) is 15.0. The maximum Gasteiger partial charge on any atom is 0.407 e. The monoisotopic (exact) mass is 357 g/mol. The number of ether oxygens (including phenoxy) is 3. The molecule has 0 unspecified atom stereocenters. The highest BCUT2D eigenvalue weighted by atomic mass is 16.5. The minimum absolute atomic E-state index is 0.231. The molecule has 138 valence electrons. The van der Waals surface area contributed by atoms with Gasteiger partial charge in [-0.1, -0.05) is 36.4 Å². The lowest BCUT2D eigenvalue weighted by Gasteiger charge is -2.11. The fourth-order valence-electron chi connectivity index (χ4n) is 2.28. The van der Waals surface area contributed by atoms with Gasteiger partial charge < -0.3 is 19.5 Å².